The molecule has 0 aliphatic carbocycles. The number of hydrogen-bond acceptors (Lipinski definition) is 5. The first-order valence-corrected chi connectivity index (χ1v) is 10.9. The fraction of sp³-hybridized carbons (Fsp3) is 0.115. The molecule has 0 N–H and O–H groups in total. The van der Waals surface area contributed by atoms with Crippen LogP contribution >= 0.6 is 11.6 Å². The predicted octanol–water partition coefficient (Wildman–Crippen LogP) is 6.13. The average Bonchev–Trinajstić information content (AvgIpc) is 3.24. The third-order valence-electron chi connectivity index (χ3n) is 5.04. The molecule has 0 aliphatic heterocycles. The monoisotopic (exact) mass is 457 g/mol. The molecule has 0 amide bonds. The second kappa shape index (κ2) is 8.56. The zero-order valence-electron chi connectivity index (χ0n) is 18.0. The topological polar surface area (TPSA) is 69.6 Å². The predicted molar refractivity (Wildman–Crippen MR) is 131 cm³/mol. The Labute approximate surface area is 194 Å². The molecule has 0 saturated carbocycles. The fourth-order valence-electron chi connectivity index (χ4n) is 3.55. The van der Waals surface area contributed by atoms with E-state index in [9.17, 15) is 4.79 Å². The first-order valence-electron chi connectivity index (χ1n) is 10.5. The lowest BCUT2D eigenvalue weighted by molar-refractivity contribution is 0.242. The van der Waals surface area contributed by atoms with Crippen molar-refractivity contribution in [2.45, 2.75) is 20.0 Å². The smallest absolute Gasteiger partial charge is 0.282 e. The maximum Gasteiger partial charge on any atom is 0.282 e. The third-order valence-corrected chi connectivity index (χ3v) is 5.34. The highest BCUT2D eigenvalue weighted by atomic mass is 35.5. The van der Waals surface area contributed by atoms with Crippen LogP contribution in [-0.2, 0) is 0 Å². The Hall–Kier alpha value is -3.90. The molecule has 0 bridgehead atoms. The van der Waals surface area contributed by atoms with E-state index in [1.54, 1.807) is 36.5 Å². The molecule has 0 radical (unpaired) electrons. The number of rotatable bonds is 5. The van der Waals surface area contributed by atoms with E-state index < -0.39 is 0 Å². The Bertz CT molecular complexity index is 1530. The van der Waals surface area contributed by atoms with Crippen molar-refractivity contribution in [3.63, 3.8) is 0 Å². The van der Waals surface area contributed by atoms with E-state index >= 15 is 0 Å². The molecule has 33 heavy (non-hydrogen) atoms. The third kappa shape index (κ3) is 4.13. The minimum atomic E-state index is -0.293. The summed E-state index contributed by atoms with van der Waals surface area (Å²) >= 11 is 6.35. The quantitative estimate of drug-likeness (QED) is 0.297. The maximum absolute atomic E-state index is 13.3. The first kappa shape index (κ1) is 21.0. The van der Waals surface area contributed by atoms with Gasteiger partial charge in [0.2, 0.25) is 5.82 Å². The molecule has 0 spiro atoms. The van der Waals surface area contributed by atoms with E-state index in [0.717, 1.165) is 5.39 Å². The molecule has 0 aliphatic rings. The first-order chi connectivity index (χ1) is 16.0. The molecule has 5 aromatic rings. The summed E-state index contributed by atoms with van der Waals surface area (Å²) in [4.78, 5) is 18.0. The van der Waals surface area contributed by atoms with Crippen LogP contribution in [0.4, 0.5) is 0 Å². The summed E-state index contributed by atoms with van der Waals surface area (Å²) in [6, 6.07) is 22.0. The molecule has 0 atom stereocenters. The number of ether oxygens (including phenoxy) is 1. The molecule has 2 heterocycles. The Balaban J connectivity index is 1.64. The lowest BCUT2D eigenvalue weighted by Gasteiger charge is -2.11. The maximum atomic E-state index is 13.3. The van der Waals surface area contributed by atoms with Gasteiger partial charge >= 0.3 is 0 Å². The van der Waals surface area contributed by atoms with Crippen molar-refractivity contribution in [3.05, 3.63) is 93.7 Å². The van der Waals surface area contributed by atoms with Gasteiger partial charge in [-0.2, -0.15) is 9.78 Å². The Morgan fingerprint density at radius 3 is 2.64 bits per heavy atom. The lowest BCUT2D eigenvalue weighted by Crippen LogP contribution is -2.20. The molecule has 5 rings (SSSR count). The summed E-state index contributed by atoms with van der Waals surface area (Å²) in [5, 5.41) is 6.31. The van der Waals surface area contributed by atoms with Crippen molar-refractivity contribution >= 4 is 39.7 Å². The van der Waals surface area contributed by atoms with Gasteiger partial charge < -0.3 is 9.15 Å². The zero-order chi connectivity index (χ0) is 22.9. The van der Waals surface area contributed by atoms with E-state index in [-0.39, 0.29) is 11.7 Å². The van der Waals surface area contributed by atoms with E-state index in [1.165, 1.54) is 4.68 Å². The minimum Gasteiger partial charge on any atom is -0.489 e. The number of hydrogen-bond donors (Lipinski definition) is 0. The van der Waals surface area contributed by atoms with Crippen LogP contribution < -0.4 is 10.3 Å². The highest BCUT2D eigenvalue weighted by Crippen LogP contribution is 2.28. The standard InChI is InChI=1S/C26H20ClN3O3/c1-16(2)32-23-12-11-17(13-20(23)27)15-28-30-25(24-14-18-7-3-6-10-22(18)33-24)29-21-9-5-4-8-19(21)26(30)31/h3-16H,1-2H3. The number of fused-ring (bicyclic) bond motifs is 2. The van der Waals surface area contributed by atoms with Crippen LogP contribution in [0.15, 0.2) is 87.1 Å². The van der Waals surface area contributed by atoms with Crippen LogP contribution in [0.25, 0.3) is 33.5 Å². The summed E-state index contributed by atoms with van der Waals surface area (Å²) in [6.45, 7) is 3.87. The van der Waals surface area contributed by atoms with Gasteiger partial charge in [-0.25, -0.2) is 4.98 Å². The van der Waals surface area contributed by atoms with Gasteiger partial charge in [-0.3, -0.25) is 4.79 Å². The highest BCUT2D eigenvalue weighted by molar-refractivity contribution is 6.32. The molecular weight excluding hydrogens is 438 g/mol. The fourth-order valence-corrected chi connectivity index (χ4v) is 3.79. The average molecular weight is 458 g/mol. The van der Waals surface area contributed by atoms with Crippen molar-refractivity contribution in [2.24, 2.45) is 5.10 Å². The summed E-state index contributed by atoms with van der Waals surface area (Å²) in [5.74, 6) is 1.36. The van der Waals surface area contributed by atoms with Crippen LogP contribution in [0.5, 0.6) is 5.75 Å². The van der Waals surface area contributed by atoms with Gasteiger partial charge in [-0.05, 0) is 61.9 Å². The van der Waals surface area contributed by atoms with E-state index in [0.29, 0.717) is 44.4 Å². The van der Waals surface area contributed by atoms with Crippen LogP contribution in [0, 0.1) is 0 Å². The Kier molecular flexibility index (Phi) is 5.44. The minimum absolute atomic E-state index is 0.00985. The summed E-state index contributed by atoms with van der Waals surface area (Å²) in [7, 11) is 0. The molecule has 6 nitrogen and oxygen atoms in total. The SMILES string of the molecule is CC(C)Oc1ccc(C=Nn2c(-c3cc4ccccc4o3)nc3ccccc3c2=O)cc1Cl. The van der Waals surface area contributed by atoms with Gasteiger partial charge in [0.25, 0.3) is 5.56 Å². The molecule has 164 valence electrons. The van der Waals surface area contributed by atoms with Gasteiger partial charge in [0.1, 0.15) is 11.3 Å². The largest absolute Gasteiger partial charge is 0.489 e. The van der Waals surface area contributed by atoms with E-state index in [2.05, 4.69) is 10.1 Å². The van der Waals surface area contributed by atoms with Gasteiger partial charge in [0.15, 0.2) is 5.76 Å². The van der Waals surface area contributed by atoms with Gasteiger partial charge in [0.05, 0.1) is 28.2 Å². The normalized spacial score (nSPS) is 11.8. The molecule has 7 heteroatoms. The molecule has 0 unspecified atom stereocenters. The highest BCUT2D eigenvalue weighted by Gasteiger charge is 2.16. The number of halogens is 1. The summed E-state index contributed by atoms with van der Waals surface area (Å²) in [5.41, 5.74) is 1.70. The van der Waals surface area contributed by atoms with Crippen molar-refractivity contribution in [3.8, 4) is 17.3 Å². The van der Waals surface area contributed by atoms with Crippen LogP contribution in [0.3, 0.4) is 0 Å². The van der Waals surface area contributed by atoms with Crippen molar-refractivity contribution in [1.29, 1.82) is 0 Å². The second-order valence-corrected chi connectivity index (χ2v) is 8.23. The van der Waals surface area contributed by atoms with Crippen molar-refractivity contribution < 1.29 is 9.15 Å². The summed E-state index contributed by atoms with van der Waals surface area (Å²) < 4.78 is 12.9. The van der Waals surface area contributed by atoms with Crippen LogP contribution in [-0.4, -0.2) is 22.0 Å². The molecule has 2 aromatic heterocycles. The lowest BCUT2D eigenvalue weighted by atomic mass is 10.2. The van der Waals surface area contributed by atoms with Crippen molar-refractivity contribution in [1.82, 2.24) is 9.66 Å². The molecule has 0 fully saturated rings. The second-order valence-electron chi connectivity index (χ2n) is 7.82. The summed E-state index contributed by atoms with van der Waals surface area (Å²) in [6.07, 6.45) is 1.57. The number of nitrogens with zero attached hydrogens (tertiary/aromatic N) is 3. The number of furan rings is 1. The van der Waals surface area contributed by atoms with Gasteiger partial charge in [-0.1, -0.05) is 41.9 Å². The zero-order valence-corrected chi connectivity index (χ0v) is 18.8. The number of para-hydroxylation sites is 2. The number of benzene rings is 3. The Morgan fingerprint density at radius 1 is 1.06 bits per heavy atom. The molecular formula is C26H20ClN3O3. The van der Waals surface area contributed by atoms with Gasteiger partial charge in [0, 0.05) is 5.39 Å². The molecule has 0 saturated heterocycles. The van der Waals surface area contributed by atoms with E-state index in [4.69, 9.17) is 20.8 Å². The number of aromatic nitrogens is 2. The Morgan fingerprint density at radius 2 is 1.85 bits per heavy atom. The molecule has 3 aromatic carbocycles. The van der Waals surface area contributed by atoms with Crippen molar-refractivity contribution in [2.75, 3.05) is 0 Å². The van der Waals surface area contributed by atoms with Gasteiger partial charge in [-0.15, -0.1) is 0 Å². The van der Waals surface area contributed by atoms with E-state index in [1.807, 2.05) is 56.3 Å². The van der Waals surface area contributed by atoms with Crippen LogP contribution in [0.2, 0.25) is 5.02 Å². The van der Waals surface area contributed by atoms with Crippen LogP contribution in [0.1, 0.15) is 19.4 Å².